The van der Waals surface area contributed by atoms with Gasteiger partial charge in [0, 0.05) is 5.56 Å². The predicted octanol–water partition coefficient (Wildman–Crippen LogP) is 7.24. The third-order valence-corrected chi connectivity index (χ3v) is 5.01. The van der Waals surface area contributed by atoms with E-state index < -0.39 is 0 Å². The summed E-state index contributed by atoms with van der Waals surface area (Å²) in [5.41, 5.74) is 2.99. The van der Waals surface area contributed by atoms with E-state index in [1.807, 2.05) is 0 Å². The van der Waals surface area contributed by atoms with E-state index in [1.54, 1.807) is 0 Å². The minimum Gasteiger partial charge on any atom is -0.492 e. The van der Waals surface area contributed by atoms with Crippen molar-refractivity contribution in [2.75, 3.05) is 6.61 Å². The molecular formula is C21H35IO. The first-order valence-electron chi connectivity index (χ1n) is 9.04. The van der Waals surface area contributed by atoms with Gasteiger partial charge in [-0.3, -0.25) is 0 Å². The molecule has 0 fully saturated rings. The van der Waals surface area contributed by atoms with E-state index >= 15 is 0 Å². The Bertz CT molecular complexity index is 492. The predicted molar refractivity (Wildman–Crippen MR) is 111 cm³/mol. The van der Waals surface area contributed by atoms with E-state index in [0.29, 0.717) is 0 Å². The van der Waals surface area contributed by atoms with Crippen molar-refractivity contribution in [3.63, 3.8) is 0 Å². The van der Waals surface area contributed by atoms with Crippen molar-refractivity contribution in [1.82, 2.24) is 0 Å². The summed E-state index contributed by atoms with van der Waals surface area (Å²) in [6.07, 6.45) is 6.38. The van der Waals surface area contributed by atoms with E-state index in [-0.39, 0.29) is 10.8 Å². The van der Waals surface area contributed by atoms with Gasteiger partial charge < -0.3 is 4.74 Å². The van der Waals surface area contributed by atoms with Crippen LogP contribution < -0.4 is 4.74 Å². The highest BCUT2D eigenvalue weighted by atomic mass is 127. The number of rotatable bonds is 7. The fraction of sp³-hybridized carbons (Fsp3) is 0.714. The van der Waals surface area contributed by atoms with Crippen molar-refractivity contribution in [1.29, 1.82) is 0 Å². The summed E-state index contributed by atoms with van der Waals surface area (Å²) in [6, 6.07) is 4.65. The highest BCUT2D eigenvalue weighted by Gasteiger charge is 2.25. The minimum atomic E-state index is 0.0960. The van der Waals surface area contributed by atoms with Gasteiger partial charge in [-0.25, -0.2) is 0 Å². The molecule has 0 atom stereocenters. The third-order valence-electron chi connectivity index (χ3n) is 4.21. The maximum atomic E-state index is 6.23. The normalized spacial score (nSPS) is 12.5. The topological polar surface area (TPSA) is 9.23 Å². The molecule has 0 saturated heterocycles. The number of unbranched alkanes of at least 4 members (excludes halogenated alkanes) is 4. The molecule has 1 aromatic rings. The second kappa shape index (κ2) is 8.73. The molecule has 2 heteroatoms. The van der Waals surface area contributed by atoms with Gasteiger partial charge in [-0.1, -0.05) is 80.2 Å². The maximum Gasteiger partial charge on any atom is 0.136 e. The molecule has 0 unspecified atom stereocenters. The summed E-state index contributed by atoms with van der Waals surface area (Å²) in [6.45, 7) is 16.7. The summed E-state index contributed by atoms with van der Waals surface area (Å²) in [4.78, 5) is 0. The van der Waals surface area contributed by atoms with E-state index in [9.17, 15) is 0 Å². The van der Waals surface area contributed by atoms with Crippen LogP contribution in [-0.2, 0) is 10.8 Å². The highest BCUT2D eigenvalue weighted by molar-refractivity contribution is 14.1. The molecule has 1 aromatic carbocycles. The Kier molecular flexibility index (Phi) is 7.89. The van der Waals surface area contributed by atoms with Crippen LogP contribution in [0.25, 0.3) is 0 Å². The molecule has 0 aliphatic carbocycles. The first kappa shape index (κ1) is 20.8. The maximum absolute atomic E-state index is 6.23. The van der Waals surface area contributed by atoms with Crippen molar-refractivity contribution in [2.45, 2.75) is 91.4 Å². The monoisotopic (exact) mass is 430 g/mol. The molecule has 1 nitrogen and oxygen atoms in total. The molecule has 0 amide bonds. The fourth-order valence-corrected chi connectivity index (χ4v) is 3.39. The standard InChI is InChI=1S/C21H35IO/c1-8-9-10-11-12-13-23-19-17(21(5,6)7)14-16(15-18(19)22)20(2,3)4/h14-15H,8-13H2,1-7H3. The van der Waals surface area contributed by atoms with Crippen molar-refractivity contribution in [3.05, 3.63) is 26.8 Å². The van der Waals surface area contributed by atoms with Crippen LogP contribution in [0.4, 0.5) is 0 Å². The largest absolute Gasteiger partial charge is 0.492 e. The van der Waals surface area contributed by atoms with E-state index in [2.05, 4.69) is 83.2 Å². The molecule has 0 spiro atoms. The molecule has 0 radical (unpaired) electrons. The van der Waals surface area contributed by atoms with E-state index in [1.165, 1.54) is 40.4 Å². The third kappa shape index (κ3) is 6.64. The van der Waals surface area contributed by atoms with Crippen LogP contribution in [0.2, 0.25) is 0 Å². The zero-order valence-electron chi connectivity index (χ0n) is 16.2. The molecule has 132 valence electrons. The van der Waals surface area contributed by atoms with E-state index in [0.717, 1.165) is 18.8 Å². The van der Waals surface area contributed by atoms with Crippen LogP contribution >= 0.6 is 22.6 Å². The molecule has 0 bridgehead atoms. The molecule has 0 saturated carbocycles. The van der Waals surface area contributed by atoms with Gasteiger partial charge in [0.15, 0.2) is 0 Å². The summed E-state index contributed by atoms with van der Waals surface area (Å²) >= 11 is 2.44. The zero-order chi connectivity index (χ0) is 17.7. The number of benzene rings is 1. The van der Waals surface area contributed by atoms with Crippen molar-refractivity contribution < 1.29 is 4.74 Å². The van der Waals surface area contributed by atoms with Gasteiger partial charge in [0.2, 0.25) is 0 Å². The Morgan fingerprint density at radius 1 is 0.870 bits per heavy atom. The molecule has 0 aliphatic heterocycles. The van der Waals surface area contributed by atoms with Gasteiger partial charge in [-0.05, 0) is 51.5 Å². The minimum absolute atomic E-state index is 0.0960. The molecule has 0 N–H and O–H groups in total. The van der Waals surface area contributed by atoms with Crippen LogP contribution in [0.5, 0.6) is 5.75 Å². The Hall–Kier alpha value is -0.250. The van der Waals surface area contributed by atoms with Gasteiger partial charge in [0.1, 0.15) is 5.75 Å². The number of hydrogen-bond donors (Lipinski definition) is 0. The summed E-state index contributed by atoms with van der Waals surface area (Å²) < 4.78 is 7.48. The van der Waals surface area contributed by atoms with Gasteiger partial charge >= 0.3 is 0 Å². The van der Waals surface area contributed by atoms with Gasteiger partial charge in [-0.15, -0.1) is 0 Å². The second-order valence-electron chi connectivity index (χ2n) is 8.60. The highest BCUT2D eigenvalue weighted by Crippen LogP contribution is 2.39. The lowest BCUT2D eigenvalue weighted by atomic mass is 9.80. The Morgan fingerprint density at radius 3 is 2.00 bits per heavy atom. The Balaban J connectivity index is 2.93. The van der Waals surface area contributed by atoms with Crippen molar-refractivity contribution >= 4 is 22.6 Å². The quantitative estimate of drug-likeness (QED) is 0.327. The summed E-state index contributed by atoms with van der Waals surface area (Å²) in [5, 5.41) is 0. The first-order valence-corrected chi connectivity index (χ1v) is 10.1. The molecule has 23 heavy (non-hydrogen) atoms. The van der Waals surface area contributed by atoms with Crippen LogP contribution in [-0.4, -0.2) is 6.61 Å². The second-order valence-corrected chi connectivity index (χ2v) is 9.76. The number of ether oxygens (including phenoxy) is 1. The van der Waals surface area contributed by atoms with Crippen LogP contribution in [0, 0.1) is 3.57 Å². The Morgan fingerprint density at radius 2 is 1.48 bits per heavy atom. The number of halogens is 1. The number of hydrogen-bond acceptors (Lipinski definition) is 1. The van der Waals surface area contributed by atoms with Crippen LogP contribution in [0.1, 0.15) is 91.7 Å². The molecular weight excluding hydrogens is 395 g/mol. The molecule has 1 rings (SSSR count). The summed E-state index contributed by atoms with van der Waals surface area (Å²) in [5.74, 6) is 1.10. The molecule has 0 aliphatic rings. The van der Waals surface area contributed by atoms with Gasteiger partial charge in [-0.2, -0.15) is 0 Å². The smallest absolute Gasteiger partial charge is 0.136 e. The summed E-state index contributed by atoms with van der Waals surface area (Å²) in [7, 11) is 0. The lowest BCUT2D eigenvalue weighted by Crippen LogP contribution is -2.19. The van der Waals surface area contributed by atoms with Crippen LogP contribution in [0.15, 0.2) is 12.1 Å². The average molecular weight is 430 g/mol. The van der Waals surface area contributed by atoms with Crippen LogP contribution in [0.3, 0.4) is 0 Å². The first-order chi connectivity index (χ1) is 10.6. The molecule has 0 heterocycles. The molecule has 0 aromatic heterocycles. The van der Waals surface area contributed by atoms with Gasteiger partial charge in [0.25, 0.3) is 0 Å². The zero-order valence-corrected chi connectivity index (χ0v) is 18.3. The van der Waals surface area contributed by atoms with E-state index in [4.69, 9.17) is 4.74 Å². The fourth-order valence-electron chi connectivity index (χ4n) is 2.61. The van der Waals surface area contributed by atoms with Gasteiger partial charge in [0.05, 0.1) is 10.2 Å². The van der Waals surface area contributed by atoms with Crippen molar-refractivity contribution in [2.24, 2.45) is 0 Å². The average Bonchev–Trinajstić information content (AvgIpc) is 2.41. The lowest BCUT2D eigenvalue weighted by molar-refractivity contribution is 0.294. The lowest BCUT2D eigenvalue weighted by Gasteiger charge is -2.28. The Labute approximate surface area is 157 Å². The SMILES string of the molecule is CCCCCCCOc1c(I)cc(C(C)(C)C)cc1C(C)(C)C. The van der Waals surface area contributed by atoms with Crippen molar-refractivity contribution in [3.8, 4) is 5.75 Å².